The predicted octanol–water partition coefficient (Wildman–Crippen LogP) is 1.89. The molecule has 0 atom stereocenters. The van der Waals surface area contributed by atoms with E-state index in [0.717, 1.165) is 5.56 Å². The monoisotopic (exact) mass is 215 g/mol. The number of halogens is 2. The molecule has 0 radical (unpaired) electrons. The van der Waals surface area contributed by atoms with Crippen LogP contribution in [0, 0.1) is 0 Å². The minimum atomic E-state index is -3.42. The molecule has 82 valence electrons. The van der Waals surface area contributed by atoms with Crippen LogP contribution in [0.4, 0.5) is 8.78 Å². The van der Waals surface area contributed by atoms with Gasteiger partial charge in [-0.3, -0.25) is 9.63 Å². The van der Waals surface area contributed by atoms with Crippen LogP contribution in [0.15, 0.2) is 30.3 Å². The van der Waals surface area contributed by atoms with E-state index in [1.807, 2.05) is 6.07 Å². The van der Waals surface area contributed by atoms with Crippen molar-refractivity contribution in [1.82, 2.24) is 5.48 Å². The van der Waals surface area contributed by atoms with Crippen LogP contribution in [0.3, 0.4) is 0 Å². The first-order valence-corrected chi connectivity index (χ1v) is 4.34. The van der Waals surface area contributed by atoms with Crippen molar-refractivity contribution in [2.24, 2.45) is 0 Å². The minimum Gasteiger partial charge on any atom is -0.269 e. The highest BCUT2D eigenvalue weighted by molar-refractivity contribution is 5.81. The summed E-state index contributed by atoms with van der Waals surface area (Å²) < 4.78 is 24.7. The summed E-state index contributed by atoms with van der Waals surface area (Å²) >= 11 is 0. The lowest BCUT2D eigenvalue weighted by Crippen LogP contribution is -2.37. The fourth-order valence-electron chi connectivity index (χ4n) is 0.849. The van der Waals surface area contributed by atoms with Crippen LogP contribution in [-0.4, -0.2) is 11.8 Å². The van der Waals surface area contributed by atoms with Crippen LogP contribution in [0.25, 0.3) is 0 Å². The van der Waals surface area contributed by atoms with Gasteiger partial charge in [-0.25, -0.2) is 5.48 Å². The topological polar surface area (TPSA) is 38.3 Å². The van der Waals surface area contributed by atoms with Gasteiger partial charge in [0.25, 0.3) is 0 Å². The van der Waals surface area contributed by atoms with Gasteiger partial charge in [-0.1, -0.05) is 30.3 Å². The van der Waals surface area contributed by atoms with E-state index in [1.54, 1.807) is 29.7 Å². The van der Waals surface area contributed by atoms with E-state index in [1.165, 1.54) is 0 Å². The summed E-state index contributed by atoms with van der Waals surface area (Å²) in [5.74, 6) is -4.87. The second-order valence-corrected chi connectivity index (χ2v) is 3.09. The number of nitrogens with one attached hydrogen (secondary N) is 1. The molecule has 1 N–H and O–H groups in total. The van der Waals surface area contributed by atoms with Crippen molar-refractivity contribution in [3.8, 4) is 0 Å². The van der Waals surface area contributed by atoms with Gasteiger partial charge in [-0.15, -0.1) is 0 Å². The zero-order valence-electron chi connectivity index (χ0n) is 8.17. The van der Waals surface area contributed by atoms with Gasteiger partial charge in [0.05, 0.1) is 6.61 Å². The quantitative estimate of drug-likeness (QED) is 0.779. The molecule has 0 aliphatic heterocycles. The van der Waals surface area contributed by atoms with Gasteiger partial charge in [0, 0.05) is 6.92 Å². The summed E-state index contributed by atoms with van der Waals surface area (Å²) in [6, 6.07) is 8.92. The maximum atomic E-state index is 12.3. The molecule has 0 bridgehead atoms. The summed E-state index contributed by atoms with van der Waals surface area (Å²) in [6.45, 7) is 0.566. The maximum Gasteiger partial charge on any atom is 0.324 e. The van der Waals surface area contributed by atoms with Gasteiger partial charge < -0.3 is 0 Å². The lowest BCUT2D eigenvalue weighted by Gasteiger charge is -2.10. The van der Waals surface area contributed by atoms with Crippen molar-refractivity contribution < 1.29 is 18.4 Å². The Morgan fingerprint density at radius 2 is 2.00 bits per heavy atom. The fraction of sp³-hybridized carbons (Fsp3) is 0.300. The summed E-state index contributed by atoms with van der Waals surface area (Å²) in [5.41, 5.74) is 2.47. The first-order valence-electron chi connectivity index (χ1n) is 4.34. The Balaban J connectivity index is 2.32. The molecular formula is C10H11F2NO2. The predicted molar refractivity (Wildman–Crippen MR) is 50.0 cm³/mol. The molecule has 0 aliphatic carbocycles. The number of benzene rings is 1. The molecule has 0 fully saturated rings. The van der Waals surface area contributed by atoms with Crippen LogP contribution >= 0.6 is 0 Å². The van der Waals surface area contributed by atoms with Crippen molar-refractivity contribution in [3.63, 3.8) is 0 Å². The summed E-state index contributed by atoms with van der Waals surface area (Å²) in [6.07, 6.45) is 0. The smallest absolute Gasteiger partial charge is 0.269 e. The van der Waals surface area contributed by atoms with Crippen molar-refractivity contribution in [2.75, 3.05) is 0 Å². The second-order valence-electron chi connectivity index (χ2n) is 3.09. The third kappa shape index (κ3) is 4.03. The number of hydroxylamine groups is 1. The lowest BCUT2D eigenvalue weighted by atomic mass is 10.2. The summed E-state index contributed by atoms with van der Waals surface area (Å²) in [7, 11) is 0. The Labute approximate surface area is 86.0 Å². The molecule has 0 aliphatic rings. The van der Waals surface area contributed by atoms with E-state index in [-0.39, 0.29) is 6.61 Å². The molecule has 5 heteroatoms. The molecule has 0 saturated carbocycles. The van der Waals surface area contributed by atoms with Crippen molar-refractivity contribution >= 4 is 5.91 Å². The van der Waals surface area contributed by atoms with Crippen LogP contribution in [0.5, 0.6) is 0 Å². The molecule has 0 spiro atoms. The number of carbonyl (C=O) groups is 1. The van der Waals surface area contributed by atoms with Crippen molar-refractivity contribution in [2.45, 2.75) is 19.5 Å². The Kier molecular flexibility index (Phi) is 3.74. The highest BCUT2D eigenvalue weighted by Gasteiger charge is 2.32. The summed E-state index contributed by atoms with van der Waals surface area (Å²) in [5, 5.41) is 0. The van der Waals surface area contributed by atoms with E-state index in [4.69, 9.17) is 0 Å². The second kappa shape index (κ2) is 4.84. The Morgan fingerprint density at radius 3 is 2.53 bits per heavy atom. The van der Waals surface area contributed by atoms with Crippen LogP contribution in [-0.2, 0) is 16.2 Å². The Bertz CT molecular complexity index is 322. The molecule has 3 nitrogen and oxygen atoms in total. The normalized spacial score (nSPS) is 11.1. The Morgan fingerprint density at radius 1 is 1.40 bits per heavy atom. The van der Waals surface area contributed by atoms with Gasteiger partial charge in [0.2, 0.25) is 0 Å². The zero-order chi connectivity index (χ0) is 11.3. The van der Waals surface area contributed by atoms with Gasteiger partial charge in [0.1, 0.15) is 0 Å². The highest BCUT2D eigenvalue weighted by Crippen LogP contribution is 2.10. The molecule has 15 heavy (non-hydrogen) atoms. The molecular weight excluding hydrogens is 204 g/mol. The van der Waals surface area contributed by atoms with E-state index in [0.29, 0.717) is 6.92 Å². The fourth-order valence-corrected chi connectivity index (χ4v) is 0.849. The average molecular weight is 215 g/mol. The van der Waals surface area contributed by atoms with E-state index in [2.05, 4.69) is 4.84 Å². The number of hydrogen-bond donors (Lipinski definition) is 1. The van der Waals surface area contributed by atoms with E-state index >= 15 is 0 Å². The first kappa shape index (κ1) is 11.6. The SMILES string of the molecule is CC(F)(F)C(=O)NOCc1ccccc1. The molecule has 1 amide bonds. The van der Waals surface area contributed by atoms with Gasteiger partial charge in [-0.05, 0) is 5.56 Å². The third-order valence-electron chi connectivity index (χ3n) is 1.65. The molecule has 0 saturated heterocycles. The van der Waals surface area contributed by atoms with Crippen LogP contribution < -0.4 is 5.48 Å². The number of carbonyl (C=O) groups excluding carboxylic acids is 1. The summed E-state index contributed by atoms with van der Waals surface area (Å²) in [4.78, 5) is 15.3. The third-order valence-corrected chi connectivity index (χ3v) is 1.65. The minimum absolute atomic E-state index is 0.0582. The van der Waals surface area contributed by atoms with Gasteiger partial charge in [-0.2, -0.15) is 8.78 Å². The largest absolute Gasteiger partial charge is 0.324 e. The van der Waals surface area contributed by atoms with Crippen molar-refractivity contribution in [3.05, 3.63) is 35.9 Å². The highest BCUT2D eigenvalue weighted by atomic mass is 19.3. The van der Waals surface area contributed by atoms with Crippen molar-refractivity contribution in [1.29, 1.82) is 0 Å². The van der Waals surface area contributed by atoms with E-state index in [9.17, 15) is 13.6 Å². The standard InChI is InChI=1S/C10H11F2NO2/c1-10(11,12)9(14)13-15-7-8-5-3-2-4-6-8/h2-6H,7H2,1H3,(H,13,14). The molecule has 1 aromatic rings. The molecule has 1 rings (SSSR count). The van der Waals surface area contributed by atoms with Gasteiger partial charge in [0.15, 0.2) is 0 Å². The average Bonchev–Trinajstić information content (AvgIpc) is 2.18. The molecule has 0 heterocycles. The number of hydrogen-bond acceptors (Lipinski definition) is 2. The molecule has 1 aromatic carbocycles. The van der Waals surface area contributed by atoms with Crippen LogP contribution in [0.1, 0.15) is 12.5 Å². The van der Waals surface area contributed by atoms with Gasteiger partial charge >= 0.3 is 11.8 Å². The maximum absolute atomic E-state index is 12.3. The molecule has 0 unspecified atom stereocenters. The van der Waals surface area contributed by atoms with Crippen LogP contribution in [0.2, 0.25) is 0 Å². The Hall–Kier alpha value is -1.49. The number of rotatable bonds is 4. The molecule has 0 aromatic heterocycles. The zero-order valence-corrected chi connectivity index (χ0v) is 8.17. The number of alkyl halides is 2. The lowest BCUT2D eigenvalue weighted by molar-refractivity contribution is -0.157. The number of amides is 1. The first-order chi connectivity index (χ1) is 7.00. The van der Waals surface area contributed by atoms with E-state index < -0.39 is 11.8 Å².